The number of esters is 2. The molecule has 0 spiro atoms. The molecule has 0 aliphatic rings. The fraction of sp³-hybridized carbons (Fsp3) is 0.913. The Bertz CT molecular complexity index is 361. The molecule has 0 aliphatic heterocycles. The fourth-order valence-corrected chi connectivity index (χ4v) is 3.24. The van der Waals surface area contributed by atoms with Crippen LogP contribution in [0.2, 0.25) is 0 Å². The Balaban J connectivity index is 3.22. The maximum atomic E-state index is 11.7. The first-order valence-electron chi connectivity index (χ1n) is 11.6. The SMILES string of the molecule is CCCOC(=O)CCCCCCCCC(=O)OCCCCCCCCCCCl. The van der Waals surface area contributed by atoms with E-state index in [1.54, 1.807) is 0 Å². The van der Waals surface area contributed by atoms with E-state index in [4.69, 9.17) is 21.1 Å². The van der Waals surface area contributed by atoms with Gasteiger partial charge in [-0.25, -0.2) is 0 Å². The molecule has 0 aromatic rings. The van der Waals surface area contributed by atoms with Gasteiger partial charge >= 0.3 is 11.9 Å². The zero-order chi connectivity index (χ0) is 20.7. The lowest BCUT2D eigenvalue weighted by Crippen LogP contribution is -2.05. The van der Waals surface area contributed by atoms with Crippen molar-refractivity contribution in [2.75, 3.05) is 19.1 Å². The van der Waals surface area contributed by atoms with Crippen LogP contribution in [-0.2, 0) is 19.1 Å². The minimum atomic E-state index is -0.0770. The highest BCUT2D eigenvalue weighted by molar-refractivity contribution is 6.17. The van der Waals surface area contributed by atoms with Crippen molar-refractivity contribution in [3.8, 4) is 0 Å². The van der Waals surface area contributed by atoms with Crippen molar-refractivity contribution in [1.29, 1.82) is 0 Å². The number of alkyl halides is 1. The zero-order valence-corrected chi connectivity index (χ0v) is 18.9. The van der Waals surface area contributed by atoms with Crippen molar-refractivity contribution < 1.29 is 19.1 Å². The number of halogens is 1. The van der Waals surface area contributed by atoms with Crippen LogP contribution in [0.15, 0.2) is 0 Å². The van der Waals surface area contributed by atoms with Gasteiger partial charge in [-0.1, -0.05) is 71.1 Å². The third kappa shape index (κ3) is 21.5. The second-order valence-electron chi connectivity index (χ2n) is 7.58. The summed E-state index contributed by atoms with van der Waals surface area (Å²) in [5.74, 6) is 0.648. The van der Waals surface area contributed by atoms with E-state index in [1.165, 1.54) is 32.1 Å². The number of unbranched alkanes of at least 4 members (excludes halogenated alkanes) is 12. The normalized spacial score (nSPS) is 10.8. The summed E-state index contributed by atoms with van der Waals surface area (Å²) >= 11 is 5.66. The van der Waals surface area contributed by atoms with Gasteiger partial charge in [0.2, 0.25) is 0 Å². The highest BCUT2D eigenvalue weighted by Crippen LogP contribution is 2.11. The smallest absolute Gasteiger partial charge is 0.305 e. The molecule has 0 heterocycles. The molecule has 0 unspecified atom stereocenters. The Labute approximate surface area is 178 Å². The van der Waals surface area contributed by atoms with Gasteiger partial charge in [0.05, 0.1) is 13.2 Å². The number of carbonyl (C=O) groups excluding carboxylic acids is 2. The van der Waals surface area contributed by atoms with E-state index in [2.05, 4.69) is 0 Å². The Morgan fingerprint density at radius 2 is 0.964 bits per heavy atom. The summed E-state index contributed by atoms with van der Waals surface area (Å²) in [7, 11) is 0. The number of carbonyl (C=O) groups is 2. The van der Waals surface area contributed by atoms with Crippen LogP contribution in [0, 0.1) is 0 Å². The Morgan fingerprint density at radius 1 is 0.571 bits per heavy atom. The quantitative estimate of drug-likeness (QED) is 0.115. The molecule has 0 saturated heterocycles. The van der Waals surface area contributed by atoms with Gasteiger partial charge in [-0.05, 0) is 32.1 Å². The predicted octanol–water partition coefficient (Wildman–Crippen LogP) is 6.96. The van der Waals surface area contributed by atoms with E-state index in [-0.39, 0.29) is 11.9 Å². The molecule has 0 N–H and O–H groups in total. The van der Waals surface area contributed by atoms with Crippen molar-refractivity contribution in [1.82, 2.24) is 0 Å². The highest BCUT2D eigenvalue weighted by Gasteiger charge is 2.04. The van der Waals surface area contributed by atoms with Gasteiger partial charge < -0.3 is 9.47 Å². The molecular formula is C23H43ClO4. The number of ether oxygens (including phenoxy) is 2. The largest absolute Gasteiger partial charge is 0.466 e. The summed E-state index contributed by atoms with van der Waals surface area (Å²) in [6.07, 6.45) is 17.7. The van der Waals surface area contributed by atoms with Gasteiger partial charge in [-0.15, -0.1) is 11.6 Å². The van der Waals surface area contributed by atoms with E-state index >= 15 is 0 Å². The van der Waals surface area contributed by atoms with Gasteiger partial charge in [0.25, 0.3) is 0 Å². The number of rotatable bonds is 21. The summed E-state index contributed by atoms with van der Waals surface area (Å²) < 4.78 is 10.3. The van der Waals surface area contributed by atoms with E-state index in [0.29, 0.717) is 26.1 Å². The minimum Gasteiger partial charge on any atom is -0.466 e. The average Bonchev–Trinajstić information content (AvgIpc) is 2.69. The van der Waals surface area contributed by atoms with Gasteiger partial charge in [-0.2, -0.15) is 0 Å². The van der Waals surface area contributed by atoms with Crippen LogP contribution >= 0.6 is 11.6 Å². The molecule has 0 aromatic carbocycles. The van der Waals surface area contributed by atoms with Crippen LogP contribution in [0.25, 0.3) is 0 Å². The average molecular weight is 419 g/mol. The van der Waals surface area contributed by atoms with Crippen LogP contribution in [0.5, 0.6) is 0 Å². The van der Waals surface area contributed by atoms with Crippen LogP contribution in [0.3, 0.4) is 0 Å². The molecule has 0 amide bonds. The van der Waals surface area contributed by atoms with Crippen molar-refractivity contribution in [2.45, 2.75) is 116 Å². The molecule has 166 valence electrons. The summed E-state index contributed by atoms with van der Waals surface area (Å²) in [5, 5.41) is 0. The van der Waals surface area contributed by atoms with Crippen molar-refractivity contribution in [2.24, 2.45) is 0 Å². The topological polar surface area (TPSA) is 52.6 Å². The highest BCUT2D eigenvalue weighted by atomic mass is 35.5. The molecule has 0 aromatic heterocycles. The number of hydrogen-bond acceptors (Lipinski definition) is 4. The lowest BCUT2D eigenvalue weighted by atomic mass is 10.1. The first-order valence-corrected chi connectivity index (χ1v) is 12.1. The molecule has 0 bridgehead atoms. The van der Waals surface area contributed by atoms with Crippen LogP contribution in [0.4, 0.5) is 0 Å². The monoisotopic (exact) mass is 418 g/mol. The van der Waals surface area contributed by atoms with Crippen LogP contribution in [-0.4, -0.2) is 31.0 Å². The van der Waals surface area contributed by atoms with Crippen LogP contribution < -0.4 is 0 Å². The summed E-state index contributed by atoms with van der Waals surface area (Å²) in [5.41, 5.74) is 0. The molecule has 0 radical (unpaired) electrons. The maximum Gasteiger partial charge on any atom is 0.305 e. The summed E-state index contributed by atoms with van der Waals surface area (Å²) in [6, 6.07) is 0. The standard InChI is InChI=1S/C23H43ClO4/c1-2-20-27-22(25)17-13-9-5-6-10-14-18-23(26)28-21-16-12-8-4-3-7-11-15-19-24/h2-21H2,1H3. The summed E-state index contributed by atoms with van der Waals surface area (Å²) in [6.45, 7) is 3.10. The molecule has 5 heteroatoms. The minimum absolute atomic E-state index is 0.0558. The molecular weight excluding hydrogens is 376 g/mol. The molecule has 0 fully saturated rings. The molecule has 0 atom stereocenters. The molecule has 0 aliphatic carbocycles. The van der Waals surface area contributed by atoms with E-state index in [9.17, 15) is 9.59 Å². The van der Waals surface area contributed by atoms with Crippen LogP contribution in [0.1, 0.15) is 116 Å². The fourth-order valence-electron chi connectivity index (χ4n) is 3.05. The third-order valence-electron chi connectivity index (χ3n) is 4.77. The van der Waals surface area contributed by atoms with Gasteiger partial charge in [-0.3, -0.25) is 9.59 Å². The molecule has 28 heavy (non-hydrogen) atoms. The van der Waals surface area contributed by atoms with Gasteiger partial charge in [0.15, 0.2) is 0 Å². The zero-order valence-electron chi connectivity index (χ0n) is 18.2. The van der Waals surface area contributed by atoms with Gasteiger partial charge in [0, 0.05) is 18.7 Å². The van der Waals surface area contributed by atoms with Gasteiger partial charge in [0.1, 0.15) is 0 Å². The van der Waals surface area contributed by atoms with Crippen molar-refractivity contribution in [3.63, 3.8) is 0 Å². The first kappa shape index (κ1) is 27.2. The Morgan fingerprint density at radius 3 is 1.43 bits per heavy atom. The lowest BCUT2D eigenvalue weighted by molar-refractivity contribution is -0.144. The predicted molar refractivity (Wildman–Crippen MR) is 117 cm³/mol. The second kappa shape index (κ2) is 22.5. The molecule has 0 saturated carbocycles. The Kier molecular flexibility index (Phi) is 21.9. The lowest BCUT2D eigenvalue weighted by Gasteiger charge is -2.05. The number of hydrogen-bond donors (Lipinski definition) is 0. The second-order valence-corrected chi connectivity index (χ2v) is 7.96. The van der Waals surface area contributed by atoms with E-state index in [0.717, 1.165) is 70.1 Å². The molecule has 0 rings (SSSR count). The molecule has 4 nitrogen and oxygen atoms in total. The van der Waals surface area contributed by atoms with E-state index < -0.39 is 0 Å². The van der Waals surface area contributed by atoms with Crippen molar-refractivity contribution in [3.05, 3.63) is 0 Å². The van der Waals surface area contributed by atoms with E-state index in [1.807, 2.05) is 6.92 Å². The Hall–Kier alpha value is -0.770. The van der Waals surface area contributed by atoms with Crippen molar-refractivity contribution >= 4 is 23.5 Å². The maximum absolute atomic E-state index is 11.7. The third-order valence-corrected chi connectivity index (χ3v) is 5.04. The first-order chi connectivity index (χ1) is 13.7. The summed E-state index contributed by atoms with van der Waals surface area (Å²) in [4.78, 5) is 23.0.